The van der Waals surface area contributed by atoms with Crippen LogP contribution >= 0.6 is 46.0 Å². The molecule has 2 rings (SSSR count). The van der Waals surface area contributed by atoms with Gasteiger partial charge in [0.05, 0.1) is 9.85 Å². The third kappa shape index (κ3) is 9.64. The van der Waals surface area contributed by atoms with Gasteiger partial charge in [-0.25, -0.2) is 0 Å². The summed E-state index contributed by atoms with van der Waals surface area (Å²) in [6.45, 7) is 1.34. The summed E-state index contributed by atoms with van der Waals surface area (Å²) in [5, 5.41) is 34.3. The molecule has 0 fully saturated rings. The average molecular weight is 513 g/mol. The van der Waals surface area contributed by atoms with Crippen LogP contribution in [0.15, 0.2) is 48.5 Å². The molecule has 0 bridgehead atoms. The number of non-ortho nitro benzene ring substituents is 2. The van der Waals surface area contributed by atoms with E-state index in [0.717, 1.165) is 11.5 Å². The second kappa shape index (κ2) is 13.7. The van der Waals surface area contributed by atoms with Gasteiger partial charge in [-0.3, -0.25) is 20.2 Å². The third-order valence-electron chi connectivity index (χ3n) is 3.70. The van der Waals surface area contributed by atoms with E-state index in [1.807, 2.05) is 0 Å². The van der Waals surface area contributed by atoms with Crippen molar-refractivity contribution in [3.63, 3.8) is 0 Å². The largest absolute Gasteiger partial charge is 0.362 e. The van der Waals surface area contributed by atoms with E-state index in [2.05, 4.69) is 21.3 Å². The number of benzene rings is 2. The van der Waals surface area contributed by atoms with Crippen molar-refractivity contribution in [1.82, 2.24) is 10.6 Å². The zero-order valence-electron chi connectivity index (χ0n) is 16.6. The summed E-state index contributed by atoms with van der Waals surface area (Å²) in [4.78, 5) is 20.4. The number of thiocarbonyl (C=S) groups is 2. The van der Waals surface area contributed by atoms with Crippen LogP contribution in [0.1, 0.15) is 0 Å². The monoisotopic (exact) mass is 512 g/mol. The van der Waals surface area contributed by atoms with Gasteiger partial charge in [-0.05, 0) is 48.7 Å². The molecule has 14 heteroatoms. The number of nitrogens with one attached hydrogen (secondary N) is 4. The molecule has 0 amide bonds. The summed E-state index contributed by atoms with van der Waals surface area (Å²) >= 11 is 10.4. The molecule has 0 saturated carbocycles. The van der Waals surface area contributed by atoms with Crippen LogP contribution in [0, 0.1) is 20.2 Å². The average Bonchev–Trinajstić information content (AvgIpc) is 2.76. The van der Waals surface area contributed by atoms with Crippen molar-refractivity contribution in [2.24, 2.45) is 0 Å². The van der Waals surface area contributed by atoms with Gasteiger partial charge < -0.3 is 21.3 Å². The zero-order chi connectivity index (χ0) is 23.3. The lowest BCUT2D eigenvalue weighted by Crippen LogP contribution is -2.30. The molecule has 32 heavy (non-hydrogen) atoms. The highest BCUT2D eigenvalue weighted by molar-refractivity contribution is 8.76. The molecular weight excluding hydrogens is 493 g/mol. The van der Waals surface area contributed by atoms with Crippen LogP contribution < -0.4 is 21.3 Å². The molecule has 0 unspecified atom stereocenters. The minimum absolute atomic E-state index is 0.0280. The Morgan fingerprint density at radius 3 is 1.38 bits per heavy atom. The number of hydrogen-bond donors (Lipinski definition) is 4. The van der Waals surface area contributed by atoms with E-state index < -0.39 is 9.85 Å². The predicted octanol–water partition coefficient (Wildman–Crippen LogP) is 4.16. The highest BCUT2D eigenvalue weighted by Gasteiger charge is 2.06. The first kappa shape index (κ1) is 25.6. The summed E-state index contributed by atoms with van der Waals surface area (Å²) in [5.41, 5.74) is 1.42. The van der Waals surface area contributed by atoms with Crippen molar-refractivity contribution in [2.45, 2.75) is 0 Å². The Morgan fingerprint density at radius 1 is 0.719 bits per heavy atom. The first-order valence-electron chi connectivity index (χ1n) is 9.18. The molecule has 4 N–H and O–H groups in total. The second-order valence-electron chi connectivity index (χ2n) is 6.01. The Kier molecular flexibility index (Phi) is 10.9. The van der Waals surface area contributed by atoms with Crippen molar-refractivity contribution in [3.8, 4) is 0 Å². The van der Waals surface area contributed by atoms with Crippen LogP contribution in [0.5, 0.6) is 0 Å². The Hall–Kier alpha value is -2.68. The number of rotatable bonds is 11. The van der Waals surface area contributed by atoms with Gasteiger partial charge >= 0.3 is 0 Å². The topological polar surface area (TPSA) is 134 Å². The van der Waals surface area contributed by atoms with E-state index in [1.165, 1.54) is 24.3 Å². The minimum atomic E-state index is -0.451. The fourth-order valence-electron chi connectivity index (χ4n) is 2.21. The lowest BCUT2D eigenvalue weighted by Gasteiger charge is -2.11. The molecule has 0 saturated heterocycles. The molecule has 170 valence electrons. The fraction of sp³-hybridized carbons (Fsp3) is 0.222. The van der Waals surface area contributed by atoms with E-state index in [9.17, 15) is 20.2 Å². The maximum Gasteiger partial charge on any atom is 0.269 e. The molecule has 0 radical (unpaired) electrons. The van der Waals surface area contributed by atoms with Gasteiger partial charge in [0.2, 0.25) is 0 Å². The van der Waals surface area contributed by atoms with Crippen molar-refractivity contribution >= 4 is 79.0 Å². The van der Waals surface area contributed by atoms with Gasteiger partial charge in [0.15, 0.2) is 10.2 Å². The summed E-state index contributed by atoms with van der Waals surface area (Å²) in [6, 6.07) is 12.1. The SMILES string of the molecule is O=[N+]([O-])c1ccc(NC(=S)NCCSSCCNC(=S)Nc2ccc([N+](=O)[O-])cc2)cc1. The molecule has 0 heterocycles. The summed E-state index contributed by atoms with van der Waals surface area (Å²) in [7, 11) is 3.38. The molecule has 2 aromatic rings. The molecular formula is C18H20N6O4S4. The zero-order valence-corrected chi connectivity index (χ0v) is 19.9. The Labute approximate surface area is 203 Å². The van der Waals surface area contributed by atoms with Crippen molar-refractivity contribution < 1.29 is 9.85 Å². The number of nitro groups is 2. The maximum absolute atomic E-state index is 10.7. The minimum Gasteiger partial charge on any atom is -0.362 e. The van der Waals surface area contributed by atoms with Gasteiger partial charge in [-0.2, -0.15) is 0 Å². The number of anilines is 2. The van der Waals surface area contributed by atoms with Gasteiger partial charge in [0.1, 0.15) is 0 Å². The first-order valence-corrected chi connectivity index (χ1v) is 12.5. The smallest absolute Gasteiger partial charge is 0.269 e. The maximum atomic E-state index is 10.7. The second-order valence-corrected chi connectivity index (χ2v) is 9.53. The van der Waals surface area contributed by atoms with Crippen LogP contribution in [0.25, 0.3) is 0 Å². The molecule has 10 nitrogen and oxygen atoms in total. The lowest BCUT2D eigenvalue weighted by molar-refractivity contribution is -0.385. The molecule has 0 aromatic heterocycles. The van der Waals surface area contributed by atoms with Crippen LogP contribution in [0.4, 0.5) is 22.7 Å². The van der Waals surface area contributed by atoms with E-state index in [1.54, 1.807) is 45.9 Å². The van der Waals surface area contributed by atoms with Crippen molar-refractivity contribution in [2.75, 3.05) is 35.2 Å². The Morgan fingerprint density at radius 2 is 1.06 bits per heavy atom. The highest BCUT2D eigenvalue weighted by atomic mass is 33.1. The molecule has 0 spiro atoms. The number of hydrogen-bond acceptors (Lipinski definition) is 8. The standard InChI is InChI=1S/C18H20N6O4S4/c25-23(26)15-5-1-13(2-6-15)21-17(29)19-9-11-31-32-12-10-20-18(30)22-14-3-7-16(8-4-14)24(27)28/h1-8H,9-12H2,(H2,19,21,29)(H2,20,22,30). The number of nitro benzene ring substituents is 2. The Bertz CT molecular complexity index is 866. The normalized spacial score (nSPS) is 10.1. The summed E-state index contributed by atoms with van der Waals surface area (Å²) in [6.07, 6.45) is 0. The first-order chi connectivity index (χ1) is 15.3. The molecule has 0 aliphatic carbocycles. The van der Waals surface area contributed by atoms with Gasteiger partial charge in [-0.15, -0.1) is 0 Å². The van der Waals surface area contributed by atoms with Crippen LogP contribution in [-0.2, 0) is 0 Å². The molecule has 0 aliphatic heterocycles. The lowest BCUT2D eigenvalue weighted by atomic mass is 10.3. The molecule has 2 aromatic carbocycles. The van der Waals surface area contributed by atoms with Crippen molar-refractivity contribution in [1.29, 1.82) is 0 Å². The quantitative estimate of drug-likeness (QED) is 0.113. The van der Waals surface area contributed by atoms with Crippen molar-refractivity contribution in [3.05, 3.63) is 68.8 Å². The molecule has 0 atom stereocenters. The van der Waals surface area contributed by atoms with E-state index in [-0.39, 0.29) is 11.4 Å². The Balaban J connectivity index is 1.50. The summed E-state index contributed by atoms with van der Waals surface area (Å²) in [5.74, 6) is 1.66. The van der Waals surface area contributed by atoms with E-state index in [0.29, 0.717) is 34.7 Å². The van der Waals surface area contributed by atoms with E-state index >= 15 is 0 Å². The van der Waals surface area contributed by atoms with Gasteiger partial charge in [-0.1, -0.05) is 21.6 Å². The highest BCUT2D eigenvalue weighted by Crippen LogP contribution is 2.20. The third-order valence-corrected chi connectivity index (χ3v) is 6.60. The predicted molar refractivity (Wildman–Crippen MR) is 140 cm³/mol. The van der Waals surface area contributed by atoms with Gasteiger partial charge in [0.25, 0.3) is 11.4 Å². The van der Waals surface area contributed by atoms with Gasteiger partial charge in [0, 0.05) is 60.2 Å². The van der Waals surface area contributed by atoms with E-state index in [4.69, 9.17) is 24.4 Å². The number of nitrogens with zero attached hydrogens (tertiary/aromatic N) is 2. The summed E-state index contributed by atoms with van der Waals surface area (Å²) < 4.78 is 0. The van der Waals surface area contributed by atoms with Crippen LogP contribution in [0.2, 0.25) is 0 Å². The molecule has 0 aliphatic rings. The fourth-order valence-corrected chi connectivity index (χ4v) is 4.47. The van der Waals surface area contributed by atoms with Crippen LogP contribution in [-0.4, -0.2) is 44.7 Å². The van der Waals surface area contributed by atoms with Crippen LogP contribution in [0.3, 0.4) is 0 Å².